The second-order valence-corrected chi connectivity index (χ2v) is 11.5. The molecule has 1 saturated heterocycles. The van der Waals surface area contributed by atoms with Crippen LogP contribution in [0.2, 0.25) is 0 Å². The van der Waals surface area contributed by atoms with E-state index in [2.05, 4.69) is 16.3 Å². The van der Waals surface area contributed by atoms with Gasteiger partial charge in [0.05, 0.1) is 10.5 Å². The van der Waals surface area contributed by atoms with E-state index < -0.39 is 10.0 Å². The van der Waals surface area contributed by atoms with Crippen LogP contribution in [0.5, 0.6) is 0 Å². The summed E-state index contributed by atoms with van der Waals surface area (Å²) in [7, 11) is -3.51. The number of hydrogen-bond acceptors (Lipinski definition) is 6. The minimum absolute atomic E-state index is 0.105. The second kappa shape index (κ2) is 9.32. The predicted octanol–water partition coefficient (Wildman–Crippen LogP) is 3.06. The van der Waals surface area contributed by atoms with Gasteiger partial charge in [0.25, 0.3) is 0 Å². The van der Waals surface area contributed by atoms with Gasteiger partial charge in [-0.3, -0.25) is 4.79 Å². The molecule has 0 unspecified atom stereocenters. The van der Waals surface area contributed by atoms with Crippen LogP contribution in [-0.4, -0.2) is 56.3 Å². The quantitative estimate of drug-likeness (QED) is 0.697. The molecule has 0 bridgehead atoms. The van der Waals surface area contributed by atoms with E-state index in [0.717, 1.165) is 36.0 Å². The third-order valence-corrected chi connectivity index (χ3v) is 9.49. The number of fused-ring (bicyclic) bond motifs is 1. The number of hydrogen-bond donors (Lipinski definition) is 1. The number of aryl methyl sites for hydroxylation is 3. The number of nitrogens with one attached hydrogen (secondary N) is 1. The Bertz CT molecular complexity index is 1170. The number of nitriles is 1. The van der Waals surface area contributed by atoms with Gasteiger partial charge in [-0.05, 0) is 50.3 Å². The Hall–Kier alpha value is -2.25. The summed E-state index contributed by atoms with van der Waals surface area (Å²) in [5, 5.41) is 13.1. The predicted molar refractivity (Wildman–Crippen MR) is 125 cm³/mol. The highest BCUT2D eigenvalue weighted by atomic mass is 32.2. The summed E-state index contributed by atoms with van der Waals surface area (Å²) in [6.45, 7) is 6.35. The number of rotatable bonds is 6. The third kappa shape index (κ3) is 4.59. The molecule has 0 atom stereocenters. The Labute approximate surface area is 193 Å². The lowest BCUT2D eigenvalue weighted by molar-refractivity contribution is -0.116. The summed E-state index contributed by atoms with van der Waals surface area (Å²) in [6.07, 6.45) is 3.30. The molecule has 0 spiro atoms. The van der Waals surface area contributed by atoms with Crippen molar-refractivity contribution in [2.24, 2.45) is 0 Å². The van der Waals surface area contributed by atoms with Crippen molar-refractivity contribution in [1.82, 2.24) is 9.21 Å². The summed E-state index contributed by atoms with van der Waals surface area (Å²) in [5.41, 5.74) is 3.54. The zero-order valence-corrected chi connectivity index (χ0v) is 20.1. The number of anilines is 1. The number of carbonyl (C=O) groups excluding carboxylic acids is 1. The molecule has 1 N–H and O–H groups in total. The zero-order chi connectivity index (χ0) is 22.9. The average molecular weight is 473 g/mol. The molecule has 32 heavy (non-hydrogen) atoms. The monoisotopic (exact) mass is 472 g/mol. The Kier molecular flexibility index (Phi) is 6.67. The molecule has 4 rings (SSSR count). The van der Waals surface area contributed by atoms with Crippen molar-refractivity contribution in [1.29, 1.82) is 5.26 Å². The van der Waals surface area contributed by atoms with Crippen molar-refractivity contribution >= 4 is 32.3 Å². The van der Waals surface area contributed by atoms with Crippen LogP contribution >= 0.6 is 11.3 Å². The van der Waals surface area contributed by atoms with Crippen LogP contribution in [0.1, 0.15) is 40.0 Å². The van der Waals surface area contributed by atoms with Gasteiger partial charge in [0, 0.05) is 44.0 Å². The molecular weight excluding hydrogens is 444 g/mol. The fourth-order valence-corrected chi connectivity index (χ4v) is 7.36. The number of carbonyl (C=O) groups is 1. The molecule has 2 aromatic rings. The lowest BCUT2D eigenvalue weighted by atomic mass is 10.1. The molecule has 1 aliphatic carbocycles. The van der Waals surface area contributed by atoms with E-state index in [1.807, 2.05) is 26.0 Å². The molecule has 170 valence electrons. The van der Waals surface area contributed by atoms with Crippen molar-refractivity contribution in [2.45, 2.75) is 44.4 Å². The molecule has 7 nitrogen and oxygen atoms in total. The fraction of sp³-hybridized carbons (Fsp3) is 0.478. The minimum Gasteiger partial charge on any atom is -0.317 e. The van der Waals surface area contributed by atoms with Crippen molar-refractivity contribution in [3.8, 4) is 6.07 Å². The van der Waals surface area contributed by atoms with Crippen molar-refractivity contribution < 1.29 is 13.2 Å². The van der Waals surface area contributed by atoms with Crippen LogP contribution < -0.4 is 5.32 Å². The first kappa shape index (κ1) is 22.9. The maximum Gasteiger partial charge on any atom is 0.243 e. The second-order valence-electron chi connectivity index (χ2n) is 8.49. The van der Waals surface area contributed by atoms with Gasteiger partial charge in [0.15, 0.2) is 0 Å². The Morgan fingerprint density at radius 1 is 1.19 bits per heavy atom. The molecule has 2 heterocycles. The lowest BCUT2D eigenvalue weighted by Gasteiger charge is -2.34. The number of thiophene rings is 1. The minimum atomic E-state index is -3.51. The van der Waals surface area contributed by atoms with Gasteiger partial charge in [-0.15, -0.1) is 11.3 Å². The highest BCUT2D eigenvalue weighted by molar-refractivity contribution is 7.89. The van der Waals surface area contributed by atoms with E-state index in [4.69, 9.17) is 0 Å². The molecular formula is C23H28N4O3S2. The van der Waals surface area contributed by atoms with Crippen molar-refractivity contribution in [3.63, 3.8) is 0 Å². The first-order chi connectivity index (χ1) is 15.3. The summed E-state index contributed by atoms with van der Waals surface area (Å²) in [6, 6.07) is 7.65. The van der Waals surface area contributed by atoms with E-state index in [-0.39, 0.29) is 5.91 Å². The summed E-state index contributed by atoms with van der Waals surface area (Å²) < 4.78 is 27.6. The van der Waals surface area contributed by atoms with Crippen LogP contribution in [0.3, 0.4) is 0 Å². The average Bonchev–Trinajstić information content (AvgIpc) is 3.33. The van der Waals surface area contributed by atoms with Crippen LogP contribution in [0, 0.1) is 25.2 Å². The fourth-order valence-electron chi connectivity index (χ4n) is 4.48. The Balaban J connectivity index is 1.29. The van der Waals surface area contributed by atoms with Gasteiger partial charge in [-0.1, -0.05) is 17.7 Å². The highest BCUT2D eigenvalue weighted by Gasteiger charge is 2.30. The number of sulfonamides is 1. The normalized spacial score (nSPS) is 17.2. The van der Waals surface area contributed by atoms with Crippen LogP contribution in [-0.2, 0) is 27.7 Å². The van der Waals surface area contributed by atoms with E-state index in [0.29, 0.717) is 54.6 Å². The first-order valence-corrected chi connectivity index (χ1v) is 13.2. The SMILES string of the molecule is Cc1ccc(S(=O)(=O)N2CCN(CCC(=O)Nc3sc4c(c3C#N)CCC4)CC2)c(C)c1. The van der Waals surface area contributed by atoms with Crippen molar-refractivity contribution in [2.75, 3.05) is 38.0 Å². The summed E-state index contributed by atoms with van der Waals surface area (Å²) in [5.74, 6) is -0.105. The van der Waals surface area contributed by atoms with Gasteiger partial charge in [-0.25, -0.2) is 8.42 Å². The van der Waals surface area contributed by atoms with Crippen LogP contribution in [0.15, 0.2) is 23.1 Å². The summed E-state index contributed by atoms with van der Waals surface area (Å²) >= 11 is 1.52. The van der Waals surface area contributed by atoms with Crippen LogP contribution in [0.25, 0.3) is 0 Å². The highest BCUT2D eigenvalue weighted by Crippen LogP contribution is 2.38. The topological polar surface area (TPSA) is 93.5 Å². The van der Waals surface area contributed by atoms with Gasteiger partial charge in [-0.2, -0.15) is 9.57 Å². The third-order valence-electron chi connectivity index (χ3n) is 6.22. The smallest absolute Gasteiger partial charge is 0.243 e. The molecule has 1 fully saturated rings. The summed E-state index contributed by atoms with van der Waals surface area (Å²) in [4.78, 5) is 16.2. The van der Waals surface area contributed by atoms with E-state index in [1.165, 1.54) is 20.5 Å². The molecule has 1 aliphatic heterocycles. The van der Waals surface area contributed by atoms with Crippen molar-refractivity contribution in [3.05, 3.63) is 45.3 Å². The van der Waals surface area contributed by atoms with E-state index in [1.54, 1.807) is 6.07 Å². The maximum atomic E-state index is 13.0. The number of piperazine rings is 1. The van der Waals surface area contributed by atoms with Gasteiger partial charge < -0.3 is 10.2 Å². The van der Waals surface area contributed by atoms with E-state index in [9.17, 15) is 18.5 Å². The molecule has 1 aromatic heterocycles. The molecule has 0 saturated carbocycles. The van der Waals surface area contributed by atoms with Crippen LogP contribution in [0.4, 0.5) is 5.00 Å². The first-order valence-electron chi connectivity index (χ1n) is 10.9. The van der Waals surface area contributed by atoms with E-state index >= 15 is 0 Å². The lowest BCUT2D eigenvalue weighted by Crippen LogP contribution is -2.49. The Morgan fingerprint density at radius 3 is 2.62 bits per heavy atom. The van der Waals surface area contributed by atoms with Gasteiger partial charge in [0.1, 0.15) is 11.1 Å². The largest absolute Gasteiger partial charge is 0.317 e. The number of benzene rings is 1. The Morgan fingerprint density at radius 2 is 1.94 bits per heavy atom. The molecule has 1 amide bonds. The molecule has 0 radical (unpaired) electrons. The molecule has 9 heteroatoms. The molecule has 1 aromatic carbocycles. The van der Waals surface area contributed by atoms with Gasteiger partial charge >= 0.3 is 0 Å². The molecule has 2 aliphatic rings. The number of amides is 1. The standard InChI is InChI=1S/C23H28N4O3S2/c1-16-6-7-21(17(2)14-16)32(29,30)27-12-10-26(11-13-27)9-8-22(28)25-23-19(15-24)18-4-3-5-20(18)31-23/h6-7,14H,3-5,8-13H2,1-2H3,(H,25,28). The van der Waals surface area contributed by atoms with Gasteiger partial charge in [0.2, 0.25) is 15.9 Å². The number of nitrogens with zero attached hydrogens (tertiary/aromatic N) is 3. The zero-order valence-electron chi connectivity index (χ0n) is 18.5. The maximum absolute atomic E-state index is 13.0.